The van der Waals surface area contributed by atoms with Gasteiger partial charge in [0.15, 0.2) is 0 Å². The van der Waals surface area contributed by atoms with Gasteiger partial charge in [0.1, 0.15) is 12.4 Å². The molecule has 0 atom stereocenters. The summed E-state index contributed by atoms with van der Waals surface area (Å²) in [5.41, 5.74) is 1.60. The maximum absolute atomic E-state index is 12.6. The number of amides is 2. The van der Waals surface area contributed by atoms with Crippen molar-refractivity contribution >= 4 is 56.5 Å². The fourth-order valence-corrected chi connectivity index (χ4v) is 3.88. The molecule has 136 valence electrons. The molecular formula is C20H13BrClNO3S. The van der Waals surface area contributed by atoms with Crippen molar-refractivity contribution in [3.63, 3.8) is 0 Å². The first-order chi connectivity index (χ1) is 13.0. The Hall–Kier alpha value is -2.20. The summed E-state index contributed by atoms with van der Waals surface area (Å²) in [4.78, 5) is 26.5. The van der Waals surface area contributed by atoms with Crippen LogP contribution in [-0.2, 0) is 11.3 Å². The van der Waals surface area contributed by atoms with Crippen LogP contribution < -0.4 is 4.74 Å². The number of hydrogen-bond donors (Lipinski definition) is 0. The van der Waals surface area contributed by atoms with Crippen LogP contribution >= 0.6 is 39.3 Å². The van der Waals surface area contributed by atoms with Gasteiger partial charge in [-0.15, -0.1) is 6.42 Å². The number of nitrogens with zero attached hydrogens (tertiary/aromatic N) is 1. The van der Waals surface area contributed by atoms with Crippen LogP contribution in [0.25, 0.3) is 6.08 Å². The Morgan fingerprint density at radius 3 is 2.63 bits per heavy atom. The number of thioether (sulfide) groups is 1. The van der Waals surface area contributed by atoms with Crippen molar-refractivity contribution in [3.8, 4) is 18.1 Å². The Labute approximate surface area is 174 Å². The molecule has 0 radical (unpaired) electrons. The standard InChI is InChI=1S/C20H13BrClNO3S/c1-2-9-26-17-8-5-14(10-16(17)21)11-18-19(24)23(20(25)27-18)12-13-3-6-15(22)7-4-13/h1,3-8,10-11H,9,12H2/b18-11-. The molecule has 2 aromatic rings. The maximum Gasteiger partial charge on any atom is 0.293 e. The molecule has 1 aliphatic heterocycles. The molecule has 0 aliphatic carbocycles. The van der Waals surface area contributed by atoms with Gasteiger partial charge in [-0.05, 0) is 69.2 Å². The first-order valence-corrected chi connectivity index (χ1v) is 9.82. The Morgan fingerprint density at radius 1 is 1.22 bits per heavy atom. The van der Waals surface area contributed by atoms with Crippen molar-refractivity contribution in [3.05, 3.63) is 68.0 Å². The molecule has 0 saturated carbocycles. The minimum atomic E-state index is -0.316. The molecule has 4 nitrogen and oxygen atoms in total. The van der Waals surface area contributed by atoms with Gasteiger partial charge < -0.3 is 4.74 Å². The molecule has 0 spiro atoms. The lowest BCUT2D eigenvalue weighted by atomic mass is 10.2. The van der Waals surface area contributed by atoms with Crippen LogP contribution in [0.4, 0.5) is 4.79 Å². The number of benzene rings is 2. The third-order valence-electron chi connectivity index (χ3n) is 3.69. The predicted molar refractivity (Wildman–Crippen MR) is 111 cm³/mol. The van der Waals surface area contributed by atoms with E-state index in [4.69, 9.17) is 22.8 Å². The smallest absolute Gasteiger partial charge is 0.293 e. The van der Waals surface area contributed by atoms with Gasteiger partial charge in [0.25, 0.3) is 11.1 Å². The lowest BCUT2D eigenvalue weighted by molar-refractivity contribution is -0.123. The number of hydrogen-bond acceptors (Lipinski definition) is 4. The summed E-state index contributed by atoms with van der Waals surface area (Å²) in [5, 5.41) is 0.308. The van der Waals surface area contributed by atoms with Crippen molar-refractivity contribution < 1.29 is 14.3 Å². The van der Waals surface area contributed by atoms with Crippen molar-refractivity contribution in [1.29, 1.82) is 0 Å². The summed E-state index contributed by atoms with van der Waals surface area (Å²) in [6, 6.07) is 12.4. The molecule has 3 rings (SSSR count). The summed E-state index contributed by atoms with van der Waals surface area (Å²) in [6.07, 6.45) is 6.87. The van der Waals surface area contributed by atoms with Crippen LogP contribution in [0.3, 0.4) is 0 Å². The molecule has 2 aromatic carbocycles. The minimum absolute atomic E-state index is 0.168. The molecule has 1 heterocycles. The van der Waals surface area contributed by atoms with Crippen molar-refractivity contribution in [2.45, 2.75) is 6.54 Å². The highest BCUT2D eigenvalue weighted by molar-refractivity contribution is 9.10. The van der Waals surface area contributed by atoms with E-state index in [1.807, 2.05) is 0 Å². The minimum Gasteiger partial charge on any atom is -0.480 e. The summed E-state index contributed by atoms with van der Waals surface area (Å²) >= 11 is 10.2. The van der Waals surface area contributed by atoms with Gasteiger partial charge in [-0.2, -0.15) is 0 Å². The molecule has 1 saturated heterocycles. The third-order valence-corrected chi connectivity index (χ3v) is 5.47. The van der Waals surface area contributed by atoms with Gasteiger partial charge >= 0.3 is 0 Å². The number of imide groups is 1. The van der Waals surface area contributed by atoms with E-state index in [9.17, 15) is 9.59 Å². The number of rotatable bonds is 5. The van der Waals surface area contributed by atoms with Gasteiger partial charge in [0, 0.05) is 5.02 Å². The van der Waals surface area contributed by atoms with E-state index < -0.39 is 0 Å². The first-order valence-electron chi connectivity index (χ1n) is 7.83. The number of carbonyl (C=O) groups excluding carboxylic acids is 2. The van der Waals surface area contributed by atoms with Crippen molar-refractivity contribution in [2.24, 2.45) is 0 Å². The number of carbonyl (C=O) groups is 2. The third kappa shape index (κ3) is 4.75. The molecule has 0 N–H and O–H groups in total. The fraction of sp³-hybridized carbons (Fsp3) is 0.100. The Morgan fingerprint density at radius 2 is 1.96 bits per heavy atom. The summed E-state index contributed by atoms with van der Waals surface area (Å²) in [5.74, 6) is 2.70. The molecule has 27 heavy (non-hydrogen) atoms. The zero-order chi connectivity index (χ0) is 19.4. The van der Waals surface area contributed by atoms with E-state index in [1.54, 1.807) is 48.5 Å². The number of halogens is 2. The Balaban J connectivity index is 1.76. The lowest BCUT2D eigenvalue weighted by Crippen LogP contribution is -2.27. The fourth-order valence-electron chi connectivity index (χ4n) is 2.40. The highest BCUT2D eigenvalue weighted by atomic mass is 79.9. The summed E-state index contributed by atoms with van der Waals surface area (Å²) in [7, 11) is 0. The highest BCUT2D eigenvalue weighted by Gasteiger charge is 2.34. The largest absolute Gasteiger partial charge is 0.480 e. The van der Waals surface area contributed by atoms with Crippen LogP contribution in [0.5, 0.6) is 5.75 Å². The van der Waals surface area contributed by atoms with E-state index >= 15 is 0 Å². The van der Waals surface area contributed by atoms with E-state index in [-0.39, 0.29) is 24.3 Å². The van der Waals surface area contributed by atoms with Crippen LogP contribution in [0, 0.1) is 12.3 Å². The van der Waals surface area contributed by atoms with Gasteiger partial charge in [0.2, 0.25) is 0 Å². The number of ether oxygens (including phenoxy) is 1. The van der Waals surface area contributed by atoms with E-state index in [2.05, 4.69) is 21.9 Å². The second-order valence-corrected chi connectivity index (χ2v) is 7.86. The van der Waals surface area contributed by atoms with Crippen LogP contribution in [0.15, 0.2) is 51.8 Å². The summed E-state index contributed by atoms with van der Waals surface area (Å²) < 4.78 is 6.11. The van der Waals surface area contributed by atoms with E-state index in [0.717, 1.165) is 22.9 Å². The van der Waals surface area contributed by atoms with Gasteiger partial charge in [-0.1, -0.05) is 35.7 Å². The SMILES string of the molecule is C#CCOc1ccc(/C=C2\SC(=O)N(Cc3ccc(Cl)cc3)C2=O)cc1Br. The van der Waals surface area contributed by atoms with Crippen LogP contribution in [0.1, 0.15) is 11.1 Å². The van der Waals surface area contributed by atoms with Crippen molar-refractivity contribution in [2.75, 3.05) is 6.61 Å². The summed E-state index contributed by atoms with van der Waals surface area (Å²) in [6.45, 7) is 0.378. The van der Waals surface area contributed by atoms with Gasteiger partial charge in [0.05, 0.1) is 15.9 Å². The molecule has 0 bridgehead atoms. The second kappa shape index (κ2) is 8.66. The average Bonchev–Trinajstić information content (AvgIpc) is 2.90. The quantitative estimate of drug-likeness (QED) is 0.444. The topological polar surface area (TPSA) is 46.6 Å². The lowest BCUT2D eigenvalue weighted by Gasteiger charge is -2.12. The zero-order valence-electron chi connectivity index (χ0n) is 13.9. The molecule has 1 aliphatic rings. The van der Waals surface area contributed by atoms with Crippen molar-refractivity contribution in [1.82, 2.24) is 4.90 Å². The van der Waals surface area contributed by atoms with Gasteiger partial charge in [-0.3, -0.25) is 14.5 Å². The van der Waals surface area contributed by atoms with Crippen LogP contribution in [0.2, 0.25) is 5.02 Å². The maximum atomic E-state index is 12.6. The molecule has 1 fully saturated rings. The van der Waals surface area contributed by atoms with E-state index in [0.29, 0.717) is 20.2 Å². The highest BCUT2D eigenvalue weighted by Crippen LogP contribution is 2.34. The van der Waals surface area contributed by atoms with Gasteiger partial charge in [-0.25, -0.2) is 0 Å². The van der Waals surface area contributed by atoms with Crippen LogP contribution in [-0.4, -0.2) is 22.7 Å². The number of terminal acetylenes is 1. The Bertz CT molecular complexity index is 966. The second-order valence-electron chi connectivity index (χ2n) is 5.58. The monoisotopic (exact) mass is 461 g/mol. The first kappa shape index (κ1) is 19.6. The zero-order valence-corrected chi connectivity index (χ0v) is 17.1. The molecular weight excluding hydrogens is 450 g/mol. The Kier molecular flexibility index (Phi) is 6.27. The normalized spacial score (nSPS) is 15.3. The molecule has 2 amide bonds. The predicted octanol–water partition coefficient (Wildman–Crippen LogP) is 5.35. The molecule has 7 heteroatoms. The molecule has 0 aromatic heterocycles. The average molecular weight is 463 g/mol. The molecule has 0 unspecified atom stereocenters. The van der Waals surface area contributed by atoms with E-state index in [1.165, 1.54) is 4.90 Å².